The Kier molecular flexibility index (Phi) is 3.20. The highest BCUT2D eigenvalue weighted by Gasteiger charge is 2.24. The summed E-state index contributed by atoms with van der Waals surface area (Å²) in [5, 5.41) is 0. The predicted molar refractivity (Wildman–Crippen MR) is 67.0 cm³/mol. The van der Waals surface area contributed by atoms with E-state index < -0.39 is 0 Å². The van der Waals surface area contributed by atoms with Crippen LogP contribution < -0.4 is 10.5 Å². The predicted octanol–water partition coefficient (Wildman–Crippen LogP) is 2.91. The topological polar surface area (TPSA) is 35.2 Å². The Labute approximate surface area is 97.8 Å². The molecule has 2 rings (SSSR count). The zero-order valence-electron chi connectivity index (χ0n) is 10.4. The molecule has 1 aromatic rings. The average molecular weight is 219 g/mol. The zero-order chi connectivity index (χ0) is 11.7. The van der Waals surface area contributed by atoms with Crippen molar-refractivity contribution in [2.45, 2.75) is 45.6 Å². The number of fused-ring (bicyclic) bond motifs is 1. The smallest absolute Gasteiger partial charge is 0.123 e. The molecule has 2 N–H and O–H groups in total. The number of hydrogen-bond donors (Lipinski definition) is 1. The first-order chi connectivity index (χ1) is 7.59. The maximum atomic E-state index is 6.10. The van der Waals surface area contributed by atoms with Crippen LogP contribution in [0.3, 0.4) is 0 Å². The summed E-state index contributed by atoms with van der Waals surface area (Å²) in [4.78, 5) is 0. The van der Waals surface area contributed by atoms with Crippen LogP contribution >= 0.6 is 0 Å². The SMILES string of the molecule is Cc1cc(C)c2c(c1)OCCCC2C(C)N. The van der Waals surface area contributed by atoms with Crippen molar-refractivity contribution < 1.29 is 4.74 Å². The molecule has 0 fully saturated rings. The first-order valence-corrected chi connectivity index (χ1v) is 6.09. The monoisotopic (exact) mass is 219 g/mol. The maximum Gasteiger partial charge on any atom is 0.123 e. The summed E-state index contributed by atoms with van der Waals surface area (Å²) in [7, 11) is 0. The van der Waals surface area contributed by atoms with Gasteiger partial charge in [-0.25, -0.2) is 0 Å². The van der Waals surface area contributed by atoms with Gasteiger partial charge in [0.25, 0.3) is 0 Å². The number of rotatable bonds is 1. The summed E-state index contributed by atoms with van der Waals surface area (Å²) in [5.74, 6) is 1.50. The molecule has 1 aliphatic rings. The van der Waals surface area contributed by atoms with Crippen LogP contribution in [0, 0.1) is 13.8 Å². The molecule has 0 radical (unpaired) electrons. The Morgan fingerprint density at radius 1 is 1.38 bits per heavy atom. The quantitative estimate of drug-likeness (QED) is 0.788. The second-order valence-electron chi connectivity index (χ2n) is 4.95. The van der Waals surface area contributed by atoms with Crippen LogP contribution in [0.5, 0.6) is 5.75 Å². The highest BCUT2D eigenvalue weighted by atomic mass is 16.5. The van der Waals surface area contributed by atoms with E-state index >= 15 is 0 Å². The van der Waals surface area contributed by atoms with Gasteiger partial charge >= 0.3 is 0 Å². The molecule has 2 unspecified atom stereocenters. The number of aryl methyl sites for hydroxylation is 2. The van der Waals surface area contributed by atoms with Crippen molar-refractivity contribution in [3.63, 3.8) is 0 Å². The van der Waals surface area contributed by atoms with E-state index in [-0.39, 0.29) is 6.04 Å². The molecule has 0 saturated carbocycles. The van der Waals surface area contributed by atoms with E-state index in [0.29, 0.717) is 5.92 Å². The fraction of sp³-hybridized carbons (Fsp3) is 0.571. The van der Waals surface area contributed by atoms with Crippen molar-refractivity contribution in [1.82, 2.24) is 0 Å². The summed E-state index contributed by atoms with van der Waals surface area (Å²) < 4.78 is 5.83. The van der Waals surface area contributed by atoms with Crippen LogP contribution in [0.15, 0.2) is 12.1 Å². The van der Waals surface area contributed by atoms with Gasteiger partial charge in [0.05, 0.1) is 6.61 Å². The van der Waals surface area contributed by atoms with Crippen molar-refractivity contribution in [3.05, 3.63) is 28.8 Å². The maximum absolute atomic E-state index is 6.10. The Hall–Kier alpha value is -1.02. The Balaban J connectivity index is 2.51. The van der Waals surface area contributed by atoms with E-state index in [1.54, 1.807) is 0 Å². The molecule has 0 saturated heterocycles. The van der Waals surface area contributed by atoms with Gasteiger partial charge in [-0.3, -0.25) is 0 Å². The van der Waals surface area contributed by atoms with Gasteiger partial charge < -0.3 is 10.5 Å². The van der Waals surface area contributed by atoms with E-state index in [1.165, 1.54) is 16.7 Å². The molecular formula is C14H21NO. The van der Waals surface area contributed by atoms with Crippen molar-refractivity contribution >= 4 is 0 Å². The minimum atomic E-state index is 0.196. The number of ether oxygens (including phenoxy) is 1. The first-order valence-electron chi connectivity index (χ1n) is 6.09. The van der Waals surface area contributed by atoms with Crippen LogP contribution in [0.25, 0.3) is 0 Å². The van der Waals surface area contributed by atoms with E-state index in [2.05, 4.69) is 32.9 Å². The lowest BCUT2D eigenvalue weighted by atomic mass is 9.85. The van der Waals surface area contributed by atoms with E-state index in [0.717, 1.165) is 25.2 Å². The van der Waals surface area contributed by atoms with Crippen LogP contribution in [0.2, 0.25) is 0 Å². The van der Waals surface area contributed by atoms with Crippen molar-refractivity contribution in [1.29, 1.82) is 0 Å². The van der Waals surface area contributed by atoms with Crippen LogP contribution in [0.1, 0.15) is 42.4 Å². The minimum absolute atomic E-state index is 0.196. The highest BCUT2D eigenvalue weighted by Crippen LogP contribution is 2.37. The van der Waals surface area contributed by atoms with E-state index in [9.17, 15) is 0 Å². The molecule has 0 aromatic heterocycles. The van der Waals surface area contributed by atoms with E-state index in [1.807, 2.05) is 0 Å². The molecule has 2 heteroatoms. The molecule has 0 aliphatic carbocycles. The van der Waals surface area contributed by atoms with Crippen molar-refractivity contribution in [2.24, 2.45) is 5.73 Å². The summed E-state index contributed by atoms with van der Waals surface area (Å²) in [6.07, 6.45) is 2.23. The molecule has 2 atom stereocenters. The van der Waals surface area contributed by atoms with Gasteiger partial charge in [-0.05, 0) is 50.8 Å². The summed E-state index contributed by atoms with van der Waals surface area (Å²) in [5.41, 5.74) is 10.0. The summed E-state index contributed by atoms with van der Waals surface area (Å²) in [6.45, 7) is 7.19. The first kappa shape index (κ1) is 11.5. The highest BCUT2D eigenvalue weighted by molar-refractivity contribution is 5.46. The second kappa shape index (κ2) is 4.46. The lowest BCUT2D eigenvalue weighted by Crippen LogP contribution is -2.25. The van der Waals surface area contributed by atoms with Crippen molar-refractivity contribution in [3.8, 4) is 5.75 Å². The number of hydrogen-bond acceptors (Lipinski definition) is 2. The molecule has 2 nitrogen and oxygen atoms in total. The van der Waals surface area contributed by atoms with Crippen LogP contribution in [-0.4, -0.2) is 12.6 Å². The molecule has 1 aliphatic heterocycles. The normalized spacial score (nSPS) is 21.9. The molecule has 0 bridgehead atoms. The lowest BCUT2D eigenvalue weighted by molar-refractivity contribution is 0.315. The third kappa shape index (κ3) is 2.07. The van der Waals surface area contributed by atoms with Gasteiger partial charge in [0, 0.05) is 17.5 Å². The lowest BCUT2D eigenvalue weighted by Gasteiger charge is -2.22. The Morgan fingerprint density at radius 3 is 2.81 bits per heavy atom. The number of nitrogens with two attached hydrogens (primary N) is 1. The van der Waals surface area contributed by atoms with E-state index in [4.69, 9.17) is 10.5 Å². The third-order valence-electron chi connectivity index (χ3n) is 3.42. The van der Waals surface area contributed by atoms with Crippen LogP contribution in [-0.2, 0) is 0 Å². The van der Waals surface area contributed by atoms with Gasteiger partial charge in [-0.15, -0.1) is 0 Å². The van der Waals surface area contributed by atoms with Crippen LogP contribution in [0.4, 0.5) is 0 Å². The molecule has 88 valence electrons. The van der Waals surface area contributed by atoms with Gasteiger partial charge in [0.2, 0.25) is 0 Å². The summed E-state index contributed by atoms with van der Waals surface area (Å²) >= 11 is 0. The molecule has 0 amide bonds. The van der Waals surface area contributed by atoms with Gasteiger partial charge in [0.1, 0.15) is 5.75 Å². The number of benzene rings is 1. The van der Waals surface area contributed by atoms with Crippen molar-refractivity contribution in [2.75, 3.05) is 6.61 Å². The third-order valence-corrected chi connectivity index (χ3v) is 3.42. The van der Waals surface area contributed by atoms with Gasteiger partial charge in [0.15, 0.2) is 0 Å². The largest absolute Gasteiger partial charge is 0.493 e. The Morgan fingerprint density at radius 2 is 2.12 bits per heavy atom. The standard InChI is InChI=1S/C14H21NO/c1-9-7-10(2)14-12(11(3)15)5-4-6-16-13(14)8-9/h7-8,11-12H,4-6,15H2,1-3H3. The molecule has 1 aromatic carbocycles. The molecule has 0 spiro atoms. The minimum Gasteiger partial charge on any atom is -0.493 e. The summed E-state index contributed by atoms with van der Waals surface area (Å²) in [6, 6.07) is 4.56. The van der Waals surface area contributed by atoms with Gasteiger partial charge in [-0.1, -0.05) is 6.07 Å². The average Bonchev–Trinajstić information content (AvgIpc) is 2.39. The molecular weight excluding hydrogens is 198 g/mol. The van der Waals surface area contributed by atoms with Gasteiger partial charge in [-0.2, -0.15) is 0 Å². The fourth-order valence-corrected chi connectivity index (χ4v) is 2.69. The second-order valence-corrected chi connectivity index (χ2v) is 4.95. The zero-order valence-corrected chi connectivity index (χ0v) is 10.4. The molecule has 16 heavy (non-hydrogen) atoms. The molecule has 1 heterocycles. The Bertz CT molecular complexity index is 385. The fourth-order valence-electron chi connectivity index (χ4n) is 2.69.